The molecule has 0 spiro atoms. The van der Waals surface area contributed by atoms with E-state index in [2.05, 4.69) is 0 Å². The summed E-state index contributed by atoms with van der Waals surface area (Å²) in [6.07, 6.45) is 1.82. The molecule has 0 aliphatic carbocycles. The zero-order valence-electron chi connectivity index (χ0n) is 7.97. The average Bonchev–Trinajstić information content (AvgIpc) is 2.85. The first-order chi connectivity index (χ1) is 6.68. The molecule has 0 aromatic heterocycles. The second-order valence-corrected chi connectivity index (χ2v) is 3.63. The van der Waals surface area contributed by atoms with Crippen LogP contribution in [-0.4, -0.2) is 12.2 Å². The van der Waals surface area contributed by atoms with Crippen LogP contribution >= 0.6 is 0 Å². The maximum Gasteiger partial charge on any atom is 0.162 e. The fraction of sp³-hybridized carbons (Fsp3) is 0.455. The summed E-state index contributed by atoms with van der Waals surface area (Å²) < 4.78 is 31.1. The topological polar surface area (TPSA) is 12.5 Å². The van der Waals surface area contributed by atoms with E-state index in [0.29, 0.717) is 12.0 Å². The van der Waals surface area contributed by atoms with Crippen LogP contribution in [0.15, 0.2) is 18.2 Å². The summed E-state index contributed by atoms with van der Waals surface area (Å²) in [6.45, 7) is 1.98. The highest BCUT2D eigenvalue weighted by atomic mass is 19.2. The van der Waals surface area contributed by atoms with Gasteiger partial charge in [0.15, 0.2) is 11.6 Å². The Bertz CT molecular complexity index is 338. The molecule has 1 aromatic carbocycles. The van der Waals surface area contributed by atoms with Crippen LogP contribution in [0.25, 0.3) is 0 Å². The zero-order valence-corrected chi connectivity index (χ0v) is 7.97. The van der Waals surface area contributed by atoms with Crippen LogP contribution in [0.4, 0.5) is 8.78 Å². The van der Waals surface area contributed by atoms with E-state index in [4.69, 9.17) is 4.74 Å². The van der Waals surface area contributed by atoms with E-state index < -0.39 is 11.6 Å². The van der Waals surface area contributed by atoms with Crippen LogP contribution in [0.2, 0.25) is 0 Å². The Labute approximate surface area is 81.7 Å². The van der Waals surface area contributed by atoms with Gasteiger partial charge in [0.25, 0.3) is 0 Å². The van der Waals surface area contributed by atoms with Crippen molar-refractivity contribution < 1.29 is 13.5 Å². The van der Waals surface area contributed by atoms with Crippen molar-refractivity contribution in [3.8, 4) is 0 Å². The van der Waals surface area contributed by atoms with Crippen LogP contribution in [0.3, 0.4) is 0 Å². The molecule has 1 saturated heterocycles. The van der Waals surface area contributed by atoms with Crippen molar-refractivity contribution in [2.45, 2.75) is 32.0 Å². The minimum atomic E-state index is -0.771. The van der Waals surface area contributed by atoms with Crippen molar-refractivity contribution in [2.24, 2.45) is 0 Å². The third kappa shape index (κ3) is 1.93. The van der Waals surface area contributed by atoms with Gasteiger partial charge < -0.3 is 4.74 Å². The SMILES string of the molecule is CC1OC1CCc1cccc(F)c1F. The third-order valence-electron chi connectivity index (χ3n) is 2.57. The maximum absolute atomic E-state index is 13.2. The Morgan fingerprint density at radius 2 is 2.07 bits per heavy atom. The quantitative estimate of drug-likeness (QED) is 0.680. The van der Waals surface area contributed by atoms with Gasteiger partial charge in [0.2, 0.25) is 0 Å². The van der Waals surface area contributed by atoms with Gasteiger partial charge in [0.1, 0.15) is 0 Å². The molecule has 1 aliphatic rings. The molecule has 3 heteroatoms. The fourth-order valence-corrected chi connectivity index (χ4v) is 1.57. The average molecular weight is 198 g/mol. The molecule has 2 rings (SSSR count). The maximum atomic E-state index is 13.2. The first-order valence-corrected chi connectivity index (χ1v) is 4.77. The molecule has 0 amide bonds. The minimum absolute atomic E-state index is 0.234. The van der Waals surface area contributed by atoms with E-state index in [1.54, 1.807) is 6.07 Å². The van der Waals surface area contributed by atoms with Gasteiger partial charge in [-0.25, -0.2) is 8.78 Å². The summed E-state index contributed by atoms with van der Waals surface area (Å²) in [5.74, 6) is -1.49. The van der Waals surface area contributed by atoms with E-state index in [9.17, 15) is 8.78 Å². The van der Waals surface area contributed by atoms with Crippen molar-refractivity contribution in [1.29, 1.82) is 0 Å². The lowest BCUT2D eigenvalue weighted by molar-refractivity contribution is 0.369. The highest BCUT2D eigenvalue weighted by molar-refractivity contribution is 5.19. The standard InChI is InChI=1S/C11H12F2O/c1-7-10(14-7)6-5-8-3-2-4-9(12)11(8)13/h2-4,7,10H,5-6H2,1H3. The summed E-state index contributed by atoms with van der Waals surface area (Å²) in [6, 6.07) is 4.28. The molecule has 1 aliphatic heterocycles. The molecule has 1 heterocycles. The van der Waals surface area contributed by atoms with Crippen molar-refractivity contribution in [3.63, 3.8) is 0 Å². The zero-order chi connectivity index (χ0) is 10.1. The van der Waals surface area contributed by atoms with Crippen LogP contribution in [0, 0.1) is 11.6 Å². The van der Waals surface area contributed by atoms with E-state index >= 15 is 0 Å². The Morgan fingerprint density at radius 1 is 1.36 bits per heavy atom. The van der Waals surface area contributed by atoms with Gasteiger partial charge in [-0.15, -0.1) is 0 Å². The minimum Gasteiger partial charge on any atom is -0.370 e. The number of epoxide rings is 1. The van der Waals surface area contributed by atoms with Crippen molar-refractivity contribution in [2.75, 3.05) is 0 Å². The van der Waals surface area contributed by atoms with Gasteiger partial charge in [-0.1, -0.05) is 12.1 Å². The number of ether oxygens (including phenoxy) is 1. The lowest BCUT2D eigenvalue weighted by atomic mass is 10.1. The molecule has 76 valence electrons. The van der Waals surface area contributed by atoms with Gasteiger partial charge in [-0.05, 0) is 31.4 Å². The Balaban J connectivity index is 1.98. The smallest absolute Gasteiger partial charge is 0.162 e. The van der Waals surface area contributed by atoms with Crippen LogP contribution in [0.5, 0.6) is 0 Å². The molecule has 14 heavy (non-hydrogen) atoms. The molecular formula is C11H12F2O. The van der Waals surface area contributed by atoms with Crippen molar-refractivity contribution in [3.05, 3.63) is 35.4 Å². The van der Waals surface area contributed by atoms with Crippen molar-refractivity contribution >= 4 is 0 Å². The van der Waals surface area contributed by atoms with Crippen LogP contribution < -0.4 is 0 Å². The molecule has 2 atom stereocenters. The first kappa shape index (κ1) is 9.59. The number of hydrogen-bond donors (Lipinski definition) is 0. The number of benzene rings is 1. The Kier molecular flexibility index (Phi) is 2.50. The number of aryl methyl sites for hydroxylation is 1. The van der Waals surface area contributed by atoms with Crippen molar-refractivity contribution in [1.82, 2.24) is 0 Å². The molecule has 1 aromatic rings. The summed E-state index contributed by atoms with van der Waals surface area (Å²) in [7, 11) is 0. The highest BCUT2D eigenvalue weighted by Crippen LogP contribution is 2.26. The largest absolute Gasteiger partial charge is 0.370 e. The molecule has 1 fully saturated rings. The van der Waals surface area contributed by atoms with Gasteiger partial charge in [0.05, 0.1) is 12.2 Å². The highest BCUT2D eigenvalue weighted by Gasteiger charge is 2.33. The van der Waals surface area contributed by atoms with Gasteiger partial charge in [-0.3, -0.25) is 0 Å². The lowest BCUT2D eigenvalue weighted by Gasteiger charge is -2.01. The summed E-state index contributed by atoms with van der Waals surface area (Å²) in [5, 5.41) is 0. The summed E-state index contributed by atoms with van der Waals surface area (Å²) in [5.41, 5.74) is 0.438. The Hall–Kier alpha value is -0.960. The lowest BCUT2D eigenvalue weighted by Crippen LogP contribution is -1.98. The predicted octanol–water partition coefficient (Wildman–Crippen LogP) is 2.68. The molecule has 0 bridgehead atoms. The number of halogens is 2. The Morgan fingerprint density at radius 3 is 2.71 bits per heavy atom. The predicted molar refractivity (Wildman–Crippen MR) is 49.0 cm³/mol. The van der Waals surface area contributed by atoms with E-state index in [1.165, 1.54) is 6.07 Å². The van der Waals surface area contributed by atoms with Gasteiger partial charge >= 0.3 is 0 Å². The second-order valence-electron chi connectivity index (χ2n) is 3.63. The fourth-order valence-electron chi connectivity index (χ4n) is 1.57. The summed E-state index contributed by atoms with van der Waals surface area (Å²) in [4.78, 5) is 0. The van der Waals surface area contributed by atoms with Crippen LogP contribution in [0.1, 0.15) is 18.9 Å². The third-order valence-corrected chi connectivity index (χ3v) is 2.57. The summed E-state index contributed by atoms with van der Waals surface area (Å²) >= 11 is 0. The number of rotatable bonds is 3. The molecule has 0 N–H and O–H groups in total. The monoisotopic (exact) mass is 198 g/mol. The molecule has 2 unspecified atom stereocenters. The molecule has 0 radical (unpaired) electrons. The molecule has 0 saturated carbocycles. The molecular weight excluding hydrogens is 186 g/mol. The number of hydrogen-bond acceptors (Lipinski definition) is 1. The normalized spacial score (nSPS) is 25.1. The van der Waals surface area contributed by atoms with E-state index in [0.717, 1.165) is 12.5 Å². The first-order valence-electron chi connectivity index (χ1n) is 4.77. The second kappa shape index (κ2) is 3.65. The van der Waals surface area contributed by atoms with E-state index in [1.807, 2.05) is 6.92 Å². The van der Waals surface area contributed by atoms with Crippen LogP contribution in [-0.2, 0) is 11.2 Å². The van der Waals surface area contributed by atoms with E-state index in [-0.39, 0.29) is 12.2 Å². The van der Waals surface area contributed by atoms with Gasteiger partial charge in [-0.2, -0.15) is 0 Å². The van der Waals surface area contributed by atoms with Gasteiger partial charge in [0, 0.05) is 0 Å². The molecule has 1 nitrogen and oxygen atoms in total.